The fraction of sp³-hybridized carbons (Fsp3) is 0.487. The summed E-state index contributed by atoms with van der Waals surface area (Å²) in [4.78, 5) is 75.4. The first-order valence-electron chi connectivity index (χ1n) is 19.2. The van der Waals surface area contributed by atoms with E-state index < -0.39 is 48.4 Å². The highest BCUT2D eigenvalue weighted by Crippen LogP contribution is 2.31. The summed E-state index contributed by atoms with van der Waals surface area (Å²) in [5.74, 6) is -6.20. The van der Waals surface area contributed by atoms with Gasteiger partial charge in [0.15, 0.2) is 0 Å². The van der Waals surface area contributed by atoms with Crippen molar-refractivity contribution >= 4 is 70.5 Å². The molecule has 1 heterocycles. The Bertz CT molecular complexity index is 1760. The predicted octanol–water partition coefficient (Wildman–Crippen LogP) is 2.69. The van der Waals surface area contributed by atoms with Gasteiger partial charge in [-0.25, -0.2) is 9.59 Å². The molecule has 18 nitrogen and oxygen atoms in total. The molecule has 0 fully saturated rings. The molecule has 2 atom stereocenters. The Morgan fingerprint density at radius 3 is 1.97 bits per heavy atom. The minimum atomic E-state index is -1.89. The number of aliphatic carboxylic acids is 4. The fourth-order valence-corrected chi connectivity index (χ4v) is 6.71. The van der Waals surface area contributed by atoms with Crippen molar-refractivity contribution in [3.8, 4) is 0 Å². The van der Waals surface area contributed by atoms with Gasteiger partial charge >= 0.3 is 23.9 Å². The van der Waals surface area contributed by atoms with Crippen LogP contribution in [0.5, 0.6) is 0 Å². The fourth-order valence-electron chi connectivity index (χ4n) is 6.06. The minimum Gasteiger partial charge on any atom is -0.480 e. The lowest BCUT2D eigenvalue weighted by Crippen LogP contribution is -2.48. The summed E-state index contributed by atoms with van der Waals surface area (Å²) in [6.45, 7) is 1.41. The van der Waals surface area contributed by atoms with E-state index in [4.69, 9.17) is 49.8 Å². The molecule has 0 spiro atoms. The Hall–Kier alpha value is -4.69. The van der Waals surface area contributed by atoms with Gasteiger partial charge in [0, 0.05) is 65.8 Å². The lowest BCUT2D eigenvalue weighted by Gasteiger charge is -2.27. The molecule has 0 radical (unpaired) electrons. The smallest absolute Gasteiger partial charge is 0.332 e. The number of amides is 2. The lowest BCUT2D eigenvalue weighted by atomic mass is 10.1. The number of unbranched alkanes of at least 4 members (excludes halogenated alkanes) is 3. The first-order chi connectivity index (χ1) is 28.6. The summed E-state index contributed by atoms with van der Waals surface area (Å²) in [5, 5.41) is 48.9. The molecule has 3 rings (SSSR count). The maximum Gasteiger partial charge on any atom is 0.332 e. The van der Waals surface area contributed by atoms with Gasteiger partial charge in [-0.1, -0.05) is 65.8 Å². The summed E-state index contributed by atoms with van der Waals surface area (Å²) in [5.41, 5.74) is 1.75. The molecule has 0 saturated carbocycles. The van der Waals surface area contributed by atoms with Crippen LogP contribution in [0, 0.1) is 0 Å². The van der Waals surface area contributed by atoms with Crippen molar-refractivity contribution in [2.75, 3.05) is 65.6 Å². The molecule has 330 valence electrons. The zero-order valence-corrected chi connectivity index (χ0v) is 35.1. The van der Waals surface area contributed by atoms with Crippen LogP contribution < -0.4 is 21.3 Å². The van der Waals surface area contributed by atoms with Gasteiger partial charge in [-0.15, -0.1) is 0 Å². The summed E-state index contributed by atoms with van der Waals surface area (Å²) in [6.07, 6.45) is 6.22. The van der Waals surface area contributed by atoms with Crippen LogP contribution in [0.4, 0.5) is 0 Å². The minimum absolute atomic E-state index is 0.00825. The third-order valence-electron chi connectivity index (χ3n) is 9.14. The molecule has 2 aromatic rings. The number of nitrogens with one attached hydrogen (secondary N) is 4. The van der Waals surface area contributed by atoms with Gasteiger partial charge in [-0.3, -0.25) is 29.4 Å². The average Bonchev–Trinajstić information content (AvgIpc) is 3.61. The zero-order valence-electron chi connectivity index (χ0n) is 32.9. The largest absolute Gasteiger partial charge is 0.480 e. The number of rotatable bonds is 30. The summed E-state index contributed by atoms with van der Waals surface area (Å²) >= 11 is 18.7. The second-order valence-corrected chi connectivity index (χ2v) is 15.2. The Morgan fingerprint density at radius 1 is 0.717 bits per heavy atom. The van der Waals surface area contributed by atoms with E-state index in [9.17, 15) is 39.0 Å². The number of carboxylic acid groups (broad SMARTS) is 4. The van der Waals surface area contributed by atoms with Crippen molar-refractivity contribution in [2.24, 2.45) is 0 Å². The zero-order chi connectivity index (χ0) is 44.0. The molecule has 2 amide bonds. The highest BCUT2D eigenvalue weighted by Gasteiger charge is 2.27. The van der Waals surface area contributed by atoms with Gasteiger partial charge in [0.05, 0.1) is 32.9 Å². The van der Waals surface area contributed by atoms with Gasteiger partial charge < -0.3 is 50.9 Å². The summed E-state index contributed by atoms with van der Waals surface area (Å²) in [7, 11) is 0. The van der Waals surface area contributed by atoms with Crippen LogP contribution in [-0.4, -0.2) is 148 Å². The third-order valence-corrected chi connectivity index (χ3v) is 9.95. The van der Waals surface area contributed by atoms with Crippen LogP contribution >= 0.6 is 34.8 Å². The second kappa shape index (κ2) is 26.5. The van der Waals surface area contributed by atoms with E-state index >= 15 is 0 Å². The second-order valence-electron chi connectivity index (χ2n) is 14.0. The van der Waals surface area contributed by atoms with Crippen LogP contribution in [0.2, 0.25) is 15.1 Å². The van der Waals surface area contributed by atoms with Crippen LogP contribution in [0.15, 0.2) is 54.9 Å². The molecule has 1 aliphatic heterocycles. The Balaban J connectivity index is 1.29. The normalized spacial score (nSPS) is 13.4. The summed E-state index contributed by atoms with van der Waals surface area (Å²) < 4.78 is 6.31. The Labute approximate surface area is 362 Å². The Kier molecular flexibility index (Phi) is 21.9. The average molecular weight is 901 g/mol. The number of halogens is 3. The molecular formula is C39H52Cl3N7O11. The number of carbonyl (C=O) groups excluding carboxylic acids is 2. The Morgan fingerprint density at radius 2 is 1.35 bits per heavy atom. The molecule has 0 saturated heterocycles. The molecule has 21 heteroatoms. The van der Waals surface area contributed by atoms with E-state index in [1.165, 1.54) is 4.90 Å². The number of hydrogen-bond acceptors (Lipinski definition) is 12. The molecule has 0 bridgehead atoms. The van der Waals surface area contributed by atoms with Gasteiger partial charge in [-0.2, -0.15) is 0 Å². The molecule has 1 aliphatic rings. The number of hydrogen-bond donors (Lipinski definition) is 8. The van der Waals surface area contributed by atoms with E-state index in [-0.39, 0.29) is 51.2 Å². The predicted molar refractivity (Wildman–Crippen MR) is 223 cm³/mol. The van der Waals surface area contributed by atoms with Crippen molar-refractivity contribution in [3.63, 3.8) is 0 Å². The van der Waals surface area contributed by atoms with Crippen molar-refractivity contribution < 1.29 is 53.9 Å². The number of carboxylic acids is 4. The SMILES string of the molecule is O=C(O)CN(CCNC(CCNC(C(=O)O)C(=O)O)C(=O)O)CC(=O)NCCCCCCNC(=O)CN1C=CN(CC(OCc2ccc(Cl)cc2)c2ccc(Cl)cc2Cl)C1. The number of nitrogens with zero attached hydrogens (tertiary/aromatic N) is 3. The highest BCUT2D eigenvalue weighted by atomic mass is 35.5. The monoisotopic (exact) mass is 899 g/mol. The van der Waals surface area contributed by atoms with Crippen molar-refractivity contribution in [1.29, 1.82) is 0 Å². The van der Waals surface area contributed by atoms with Crippen molar-refractivity contribution in [3.05, 3.63) is 81.1 Å². The molecule has 8 N–H and O–H groups in total. The maximum absolute atomic E-state index is 12.7. The molecule has 0 aromatic heterocycles. The highest BCUT2D eigenvalue weighted by molar-refractivity contribution is 6.35. The topological polar surface area (TPSA) is 250 Å². The van der Waals surface area contributed by atoms with Crippen LogP contribution in [-0.2, 0) is 40.1 Å². The van der Waals surface area contributed by atoms with E-state index in [1.807, 2.05) is 40.4 Å². The number of benzene rings is 2. The first-order valence-corrected chi connectivity index (χ1v) is 20.3. The van der Waals surface area contributed by atoms with Gasteiger partial charge in [0.1, 0.15) is 12.1 Å². The van der Waals surface area contributed by atoms with Gasteiger partial charge in [0.25, 0.3) is 0 Å². The molecule has 2 aromatic carbocycles. The van der Waals surface area contributed by atoms with E-state index in [0.29, 0.717) is 54.4 Å². The standard InChI is InChI=1S/C39H52Cl3N7O11/c40-27-7-5-26(6-8-27)24-60-32(29-10-9-28(41)19-30(29)42)20-48-17-18-49(25-48)22-34(51)45-13-4-2-1-3-12-44-33(50)21-47(23-35(52)53)16-15-43-31(37(54)55)11-14-46-36(38(56)57)39(58)59/h5-10,17-19,31-32,36,43,46H,1-4,11-16,20-25H2,(H,44,50)(H,45,51)(H,52,53)(H,54,55)(H,56,57)(H,58,59). The van der Waals surface area contributed by atoms with Crippen LogP contribution in [0.25, 0.3) is 0 Å². The van der Waals surface area contributed by atoms with E-state index in [1.54, 1.807) is 24.3 Å². The molecule has 2 unspecified atom stereocenters. The van der Waals surface area contributed by atoms with Crippen molar-refractivity contribution in [1.82, 2.24) is 36.0 Å². The summed E-state index contributed by atoms with van der Waals surface area (Å²) in [6, 6.07) is 9.63. The quantitative estimate of drug-likeness (QED) is 0.0415. The van der Waals surface area contributed by atoms with Crippen molar-refractivity contribution in [2.45, 2.75) is 56.9 Å². The maximum atomic E-state index is 12.7. The van der Waals surface area contributed by atoms with E-state index in [0.717, 1.165) is 30.4 Å². The molecule has 0 aliphatic carbocycles. The number of ether oxygens (including phenoxy) is 1. The lowest BCUT2D eigenvalue weighted by molar-refractivity contribution is -0.151. The van der Waals surface area contributed by atoms with Crippen LogP contribution in [0.3, 0.4) is 0 Å². The molecular weight excluding hydrogens is 849 g/mol. The van der Waals surface area contributed by atoms with Gasteiger partial charge in [-0.05, 0) is 55.6 Å². The van der Waals surface area contributed by atoms with Gasteiger partial charge in [0.2, 0.25) is 17.9 Å². The molecule has 60 heavy (non-hydrogen) atoms. The number of carbonyl (C=O) groups is 6. The third kappa shape index (κ3) is 19.1. The van der Waals surface area contributed by atoms with E-state index in [2.05, 4.69) is 21.3 Å². The van der Waals surface area contributed by atoms with Crippen LogP contribution in [0.1, 0.15) is 49.3 Å². The first kappa shape index (κ1) is 49.7.